The van der Waals surface area contributed by atoms with Gasteiger partial charge >= 0.3 is 0 Å². The smallest absolute Gasteiger partial charge is 0.0527 e. The van der Waals surface area contributed by atoms with E-state index in [1.54, 1.807) is 0 Å². The first-order valence-corrected chi connectivity index (χ1v) is 30.3. The maximum absolute atomic E-state index is 7.41. The Morgan fingerprint density at radius 1 is 0.102 bits per heavy atom. The van der Waals surface area contributed by atoms with Crippen molar-refractivity contribution in [3.05, 3.63) is 0 Å². The van der Waals surface area contributed by atoms with Crippen LogP contribution in [-0.2, 0) is 0 Å². The van der Waals surface area contributed by atoms with Crippen LogP contribution in [0, 0.1) is 0 Å². The molecule has 266 valence electrons. The first-order valence-electron chi connectivity index (χ1n) is 28.8. The minimum Gasteiger partial charge on any atom is -0.253 e. The van der Waals surface area contributed by atoms with Crippen molar-refractivity contribution < 1.29 is 0 Å². The maximum Gasteiger partial charge on any atom is 0.0527 e. The minimum absolute atomic E-state index is 1.65. The number of rotatable bonds is 42. The van der Waals surface area contributed by atoms with Gasteiger partial charge in [0.1, 0.15) is 0 Å². The molecule has 0 unspecified atom stereocenters. The molecule has 0 spiro atoms. The zero-order valence-corrected chi connectivity index (χ0v) is 51.6. The van der Waals surface area contributed by atoms with E-state index in [9.17, 15) is 0 Å². The van der Waals surface area contributed by atoms with Gasteiger partial charge in [0.15, 0.2) is 0 Å². The van der Waals surface area contributed by atoms with Gasteiger partial charge in [-0.15, -0.1) is 0 Å². The summed E-state index contributed by atoms with van der Waals surface area (Å²) in [6, 6.07) is 0. The Morgan fingerprint density at radius 3 is 0.273 bits per heavy atom. The second-order valence-electron chi connectivity index (χ2n) is 24.4. The number of hydrogen-bond donors (Lipinski definition) is 0. The summed E-state index contributed by atoms with van der Waals surface area (Å²) >= 11 is 0. The summed E-state index contributed by atoms with van der Waals surface area (Å²) in [6.07, 6.45) is -73.4. The van der Waals surface area contributed by atoms with Crippen LogP contribution in [-0.4, -0.2) is 616 Å². The number of hydrogen-bond acceptors (Lipinski definition) is 0. The zero-order valence-electron chi connectivity index (χ0n) is 50.7. The molecule has 0 aliphatic rings. The van der Waals surface area contributed by atoms with Gasteiger partial charge in [-0.05, 0) is 0 Å². The SMILES string of the molecule is [B]B([B])B([B])B(B([B])[B])B(B(B(B([B])[B])B([B])[B])B(B([B])[B])B([B])[B])P(B(B(B(B([B])[B])B([B])[B])B(B([B])[B])B([B])[B])B(B(B([B])[B])B([B])[B])B(B([B])[B])B([B])[B])B(B(B(B([B])[B])B([B])[B])B(B([B])[B])B([B])[B])B(B(B([B])[B])B([B])[B])B(B([B])[B])B([B])[B]. The van der Waals surface area contributed by atoms with E-state index in [0.717, 1.165) is 0 Å². The van der Waals surface area contributed by atoms with Crippen molar-refractivity contribution in [1.29, 1.82) is 0 Å². The van der Waals surface area contributed by atoms with Crippen molar-refractivity contribution in [2.45, 2.75) is 0 Å². The van der Waals surface area contributed by atoms with Crippen LogP contribution in [0.15, 0.2) is 0 Å². The summed E-state index contributed by atoms with van der Waals surface area (Å²) in [6.45, 7) is 0. The van der Waals surface area contributed by atoms with Gasteiger partial charge in [-0.3, -0.25) is 7.56 Å². The van der Waals surface area contributed by atoms with Crippen LogP contribution in [0.1, 0.15) is 0 Å². The van der Waals surface area contributed by atoms with E-state index in [-0.39, 0.29) is 0 Å². The van der Waals surface area contributed by atoms with Crippen molar-refractivity contribution in [2.24, 2.45) is 0 Å². The normalized spacial score (nSPS) is 9.92. The molecule has 0 atom stereocenters. The highest BCUT2D eigenvalue weighted by Crippen LogP contribution is 2.53. The standard InChI is InChI=1S/B87P/c1-46(2)68(45)79(67(43)44)85(80(69(47(3)4)48(5)6)70(49(7)8)50(9)10)88(86(81(71(51(11)12)52(13)14)72(53(15)16)54(17)18)82(73(55(19)20)56(21)22)74(57(23)24)58(25)26)87(83(75(59(27)28)60(29)30)76(61(31)32)62(33)34)84(77(63(35)36)64(37)38)78(65(39)40)66(41)42. The van der Waals surface area contributed by atoms with Crippen LogP contribution in [0.5, 0.6) is 0 Å². The molecule has 0 aliphatic carbocycles. The molecule has 0 saturated carbocycles. The van der Waals surface area contributed by atoms with Crippen LogP contribution >= 0.6 is 7.56 Å². The molecule has 0 aliphatic heterocycles. The average molecular weight is 972 g/mol. The summed E-state index contributed by atoms with van der Waals surface area (Å²) < 4.78 is 0. The van der Waals surface area contributed by atoms with Crippen LogP contribution < -0.4 is 0 Å². The molecule has 0 saturated heterocycles. The predicted molar refractivity (Wildman–Crippen MR) is 508 cm³/mol. The summed E-state index contributed by atoms with van der Waals surface area (Å²) in [5.41, 5.74) is 0. The Morgan fingerprint density at radius 2 is 0.193 bits per heavy atom. The second kappa shape index (κ2) is 43.3. The van der Waals surface area contributed by atoms with Crippen LogP contribution in [0.2, 0.25) is 0 Å². The molecule has 0 rings (SSSR count). The van der Waals surface area contributed by atoms with Crippen LogP contribution in [0.4, 0.5) is 0 Å². The van der Waals surface area contributed by atoms with Gasteiger partial charge in [0.2, 0.25) is 0 Å². The average Bonchev–Trinajstić information content (AvgIpc) is 3.29. The van der Waals surface area contributed by atoms with E-state index >= 15 is 0 Å². The van der Waals surface area contributed by atoms with Gasteiger partial charge in [-0.1, -0.05) is 0 Å². The van der Waals surface area contributed by atoms with Crippen molar-refractivity contribution in [1.82, 2.24) is 0 Å². The molecule has 0 fully saturated rings. The Labute approximate surface area is 617 Å². The molecular weight excluding hydrogens is 972 g/mol. The molecule has 0 aromatic carbocycles. The van der Waals surface area contributed by atoms with E-state index in [2.05, 4.69) is 0 Å². The molecule has 0 aromatic heterocycles. The molecule has 0 nitrogen and oxygen atoms in total. The van der Waals surface area contributed by atoms with Gasteiger partial charge in [0.05, 0.1) is 18.6 Å². The van der Waals surface area contributed by atoms with Crippen molar-refractivity contribution in [3.63, 3.8) is 0 Å². The van der Waals surface area contributed by atoms with Gasteiger partial charge in [0, 0.05) is 597 Å². The third-order valence-electron chi connectivity index (χ3n) is 18.1. The molecule has 0 heterocycles. The van der Waals surface area contributed by atoms with E-state index in [0.29, 0.717) is 0 Å². The minimum atomic E-state index is -3.47. The Hall–Kier alpha value is 6.08. The maximum atomic E-state index is 7.41. The fourth-order valence-corrected chi connectivity index (χ4v) is 20.7. The van der Waals surface area contributed by atoms with E-state index in [1.165, 1.54) is 0 Å². The molecular formula is B87P. The molecule has 0 aromatic rings. The fourth-order valence-electron chi connectivity index (χ4n) is 14.8. The Balaban J connectivity index is 13.5. The fraction of sp³-hybridized carbons (Fsp3) is 0. The zero-order chi connectivity index (χ0) is 69.8. The second-order valence-corrected chi connectivity index (χ2v) is 27.1. The van der Waals surface area contributed by atoms with Crippen LogP contribution in [0.3, 0.4) is 0 Å². The highest BCUT2D eigenvalue weighted by Gasteiger charge is 2.66. The van der Waals surface area contributed by atoms with E-state index in [4.69, 9.17) is 348 Å². The van der Waals surface area contributed by atoms with Crippen molar-refractivity contribution in [3.8, 4) is 0 Å². The molecule has 88 heavy (non-hydrogen) atoms. The predicted octanol–water partition coefficient (Wildman–Crippen LogP) is -32.3. The lowest BCUT2D eigenvalue weighted by Crippen LogP contribution is -2.92. The molecule has 88 heteroatoms. The third-order valence-corrected chi connectivity index (χ3v) is 22.2. The molecule has 0 N–H and O–H groups in total. The lowest BCUT2D eigenvalue weighted by molar-refractivity contribution is 3.21. The Kier molecular flexibility index (Phi) is 46.2. The lowest BCUT2D eigenvalue weighted by atomic mass is 8.36. The Bertz CT molecular complexity index is 1410. The van der Waals surface area contributed by atoms with Gasteiger partial charge < -0.3 is 0 Å². The monoisotopic (exact) mass is 989 g/mol. The first kappa shape index (κ1) is 94.1. The highest BCUT2D eigenvalue weighted by molar-refractivity contribution is 8.64. The third kappa shape index (κ3) is 25.2. The van der Waals surface area contributed by atoms with Gasteiger partial charge in [0.25, 0.3) is 0 Å². The van der Waals surface area contributed by atoms with E-state index < -0.39 is 275 Å². The van der Waals surface area contributed by atoms with Gasteiger partial charge in [-0.25, -0.2) is 0 Å². The van der Waals surface area contributed by atoms with Crippen molar-refractivity contribution in [2.75, 3.05) is 0 Å². The van der Waals surface area contributed by atoms with Crippen molar-refractivity contribution >= 4 is 623 Å². The molecule has 0 bridgehead atoms. The summed E-state index contributed by atoms with van der Waals surface area (Å²) in [7, 11) is 310. The lowest BCUT2D eigenvalue weighted by Gasteiger charge is -2.63. The van der Waals surface area contributed by atoms with Crippen LogP contribution in [0.25, 0.3) is 0 Å². The molecule has 0 amide bonds. The largest absolute Gasteiger partial charge is 0.253 e. The van der Waals surface area contributed by atoms with Gasteiger partial charge in [-0.2, -0.15) is 0 Å². The highest BCUT2D eigenvalue weighted by atomic mass is 31.1. The quantitative estimate of drug-likeness (QED) is 0.0422. The molecule has 90 radical (unpaired) electrons. The topological polar surface area (TPSA) is 0 Å². The summed E-state index contributed by atoms with van der Waals surface area (Å²) in [5, 5.41) is 0. The summed E-state index contributed by atoms with van der Waals surface area (Å²) in [5.74, 6) is 0. The summed E-state index contributed by atoms with van der Waals surface area (Å²) in [4.78, 5) is 0. The van der Waals surface area contributed by atoms with E-state index in [1.807, 2.05) is 0 Å². The first-order chi connectivity index (χ1) is 40.0.